The van der Waals surface area contributed by atoms with E-state index in [1.807, 2.05) is 6.92 Å². The number of benzene rings is 1. The number of sulfonamides is 1. The molecule has 0 spiro atoms. The highest BCUT2D eigenvalue weighted by atomic mass is 32.2. The van der Waals surface area contributed by atoms with Gasteiger partial charge in [0.1, 0.15) is 10.6 Å². The molecule has 0 aliphatic carbocycles. The summed E-state index contributed by atoms with van der Waals surface area (Å²) in [6, 6.07) is 6.09. The molecule has 2 heterocycles. The Bertz CT molecular complexity index is 1090. The zero-order valence-electron chi connectivity index (χ0n) is 20.7. The Hall–Kier alpha value is -2.54. The Labute approximate surface area is 206 Å². The highest BCUT2D eigenvalue weighted by Gasteiger charge is 2.32. The number of hydrogen-bond donors (Lipinski definition) is 1. The van der Waals surface area contributed by atoms with Gasteiger partial charge in [0.2, 0.25) is 15.9 Å². The fourth-order valence-electron chi connectivity index (χ4n) is 4.10. The smallest absolute Gasteiger partial charge is 0.246 e. The van der Waals surface area contributed by atoms with E-state index in [2.05, 4.69) is 10.3 Å². The van der Waals surface area contributed by atoms with Crippen molar-refractivity contribution in [1.29, 1.82) is 0 Å². The van der Waals surface area contributed by atoms with Crippen LogP contribution < -0.4 is 4.74 Å². The molecule has 0 unspecified atom stereocenters. The van der Waals surface area contributed by atoms with E-state index < -0.39 is 16.1 Å². The third kappa shape index (κ3) is 6.37. The number of fused-ring (bicyclic) bond motifs is 1. The first-order valence-electron chi connectivity index (χ1n) is 11.7. The molecule has 0 fully saturated rings. The van der Waals surface area contributed by atoms with E-state index in [9.17, 15) is 18.3 Å². The summed E-state index contributed by atoms with van der Waals surface area (Å²) in [7, 11) is -0.945. The first-order valence-corrected chi connectivity index (χ1v) is 13.1. The molecule has 1 aromatic heterocycles. The monoisotopic (exact) mass is 509 g/mol. The third-order valence-corrected chi connectivity index (χ3v) is 8.20. The normalized spacial score (nSPS) is 21.2. The van der Waals surface area contributed by atoms with Crippen LogP contribution in [0.3, 0.4) is 0 Å². The maximum absolute atomic E-state index is 13.4. The van der Waals surface area contributed by atoms with Gasteiger partial charge in [0, 0.05) is 39.0 Å². The lowest BCUT2D eigenvalue weighted by Crippen LogP contribution is -2.47. The number of carbonyl (C=O) groups is 1. The van der Waals surface area contributed by atoms with Gasteiger partial charge in [-0.2, -0.15) is 4.31 Å². The maximum Gasteiger partial charge on any atom is 0.246 e. The number of aryl methyl sites for hydroxylation is 1. The topological polar surface area (TPSA) is 127 Å². The predicted molar refractivity (Wildman–Crippen MR) is 128 cm³/mol. The van der Waals surface area contributed by atoms with Crippen LogP contribution >= 0.6 is 0 Å². The van der Waals surface area contributed by atoms with Crippen molar-refractivity contribution in [1.82, 2.24) is 24.2 Å². The number of carbonyl (C=O) groups excluding carboxylic acids is 1. The number of rotatable bonds is 7. The van der Waals surface area contributed by atoms with E-state index in [-0.39, 0.29) is 48.3 Å². The molecule has 12 heteroatoms. The molecule has 1 aliphatic rings. The molecule has 2 aromatic rings. The molecule has 194 valence electrons. The molecule has 0 bridgehead atoms. The summed E-state index contributed by atoms with van der Waals surface area (Å²) in [4.78, 5) is 14.7. The number of methoxy groups -OCH3 is 1. The van der Waals surface area contributed by atoms with Gasteiger partial charge in [-0.3, -0.25) is 4.79 Å². The number of amides is 1. The van der Waals surface area contributed by atoms with E-state index in [4.69, 9.17) is 9.47 Å². The van der Waals surface area contributed by atoms with Gasteiger partial charge in [-0.15, -0.1) is 5.10 Å². The Morgan fingerprint density at radius 1 is 1.34 bits per heavy atom. The van der Waals surface area contributed by atoms with Crippen molar-refractivity contribution in [2.75, 3.05) is 33.9 Å². The Morgan fingerprint density at radius 2 is 2.09 bits per heavy atom. The highest BCUT2D eigenvalue weighted by molar-refractivity contribution is 7.89. The number of hydrogen-bond acceptors (Lipinski definition) is 8. The summed E-state index contributed by atoms with van der Waals surface area (Å²) >= 11 is 0. The number of para-hydroxylation sites is 1. The third-order valence-electron chi connectivity index (χ3n) is 6.33. The SMILES string of the molecule is COc1ccccc1S(=O)(=O)N(C)C[C@H]1OCc2cnnn2CCCC(=O)N([C@H](C)CO)C[C@H]1C. The van der Waals surface area contributed by atoms with Crippen LogP contribution in [0.1, 0.15) is 32.4 Å². The minimum atomic E-state index is -3.87. The summed E-state index contributed by atoms with van der Waals surface area (Å²) in [5, 5.41) is 17.8. The molecule has 0 saturated heterocycles. The summed E-state index contributed by atoms with van der Waals surface area (Å²) in [6.07, 6.45) is 1.96. The standard InChI is InChI=1S/C23H35N5O6S/c1-17-13-27(18(2)15-29)23(30)10-7-11-28-19(12-24-25-28)16-34-21(17)14-26(3)35(31,32)22-9-6-5-8-20(22)33-4/h5-6,8-9,12,17-18,21,29H,7,10-11,13-16H2,1-4H3/t17-,18-,21-/m1/s1. The molecular weight excluding hydrogens is 474 g/mol. The molecule has 35 heavy (non-hydrogen) atoms. The van der Waals surface area contributed by atoms with Crippen LogP contribution in [0.25, 0.3) is 0 Å². The number of likely N-dealkylation sites (N-methyl/N-ethyl adjacent to an activating group) is 1. The minimum absolute atomic E-state index is 0.0542. The van der Waals surface area contributed by atoms with Gasteiger partial charge in [-0.25, -0.2) is 13.1 Å². The molecule has 0 radical (unpaired) electrons. The summed E-state index contributed by atoms with van der Waals surface area (Å²) in [6.45, 7) is 4.63. The fourth-order valence-corrected chi connectivity index (χ4v) is 5.43. The zero-order chi connectivity index (χ0) is 25.6. The second-order valence-corrected chi connectivity index (χ2v) is 10.9. The van der Waals surface area contributed by atoms with Crippen LogP contribution in [0, 0.1) is 5.92 Å². The first-order chi connectivity index (χ1) is 16.7. The first kappa shape index (κ1) is 27.1. The zero-order valence-corrected chi connectivity index (χ0v) is 21.5. The van der Waals surface area contributed by atoms with Gasteiger partial charge in [0.15, 0.2) is 0 Å². The number of aliphatic hydroxyl groups is 1. The van der Waals surface area contributed by atoms with Gasteiger partial charge in [-0.05, 0) is 25.5 Å². The highest BCUT2D eigenvalue weighted by Crippen LogP contribution is 2.27. The van der Waals surface area contributed by atoms with E-state index in [0.29, 0.717) is 25.9 Å². The quantitative estimate of drug-likeness (QED) is 0.589. The molecule has 1 N–H and O–H groups in total. The van der Waals surface area contributed by atoms with Crippen molar-refractivity contribution < 1.29 is 27.8 Å². The van der Waals surface area contributed by atoms with Crippen LogP contribution in [0.4, 0.5) is 0 Å². The van der Waals surface area contributed by atoms with Crippen LogP contribution in [0.2, 0.25) is 0 Å². The van der Waals surface area contributed by atoms with Gasteiger partial charge in [0.25, 0.3) is 0 Å². The van der Waals surface area contributed by atoms with Gasteiger partial charge in [0.05, 0.1) is 44.4 Å². The summed E-state index contributed by atoms with van der Waals surface area (Å²) in [5.41, 5.74) is 0.756. The van der Waals surface area contributed by atoms with Crippen molar-refractivity contribution in [2.45, 2.75) is 56.9 Å². The molecule has 0 saturated carbocycles. The van der Waals surface area contributed by atoms with Crippen LogP contribution in [-0.2, 0) is 32.7 Å². The number of aliphatic hydroxyl groups excluding tert-OH is 1. The van der Waals surface area contributed by atoms with Crippen LogP contribution in [0.15, 0.2) is 35.4 Å². The van der Waals surface area contributed by atoms with Crippen molar-refractivity contribution in [3.63, 3.8) is 0 Å². The Balaban J connectivity index is 1.89. The molecule has 1 aliphatic heterocycles. The molecule has 3 rings (SSSR count). The average Bonchev–Trinajstić information content (AvgIpc) is 3.30. The Kier molecular flexibility index (Phi) is 9.22. The number of ether oxygens (including phenoxy) is 2. The summed E-state index contributed by atoms with van der Waals surface area (Å²) < 4.78 is 41.2. The molecule has 1 aromatic carbocycles. The second-order valence-electron chi connectivity index (χ2n) is 8.89. The van der Waals surface area contributed by atoms with E-state index in [0.717, 1.165) is 5.69 Å². The van der Waals surface area contributed by atoms with Crippen molar-refractivity contribution in [2.24, 2.45) is 5.92 Å². The largest absolute Gasteiger partial charge is 0.495 e. The molecule has 3 atom stereocenters. The van der Waals surface area contributed by atoms with Gasteiger partial charge < -0.3 is 19.5 Å². The van der Waals surface area contributed by atoms with E-state index in [1.165, 1.54) is 24.5 Å². The van der Waals surface area contributed by atoms with E-state index >= 15 is 0 Å². The van der Waals surface area contributed by atoms with Crippen LogP contribution in [-0.4, -0.2) is 89.6 Å². The number of aromatic nitrogens is 3. The van der Waals surface area contributed by atoms with E-state index in [1.54, 1.807) is 40.9 Å². The minimum Gasteiger partial charge on any atom is -0.495 e. The fraction of sp³-hybridized carbons (Fsp3) is 0.609. The molecule has 11 nitrogen and oxygen atoms in total. The lowest BCUT2D eigenvalue weighted by atomic mass is 10.0. The number of nitrogens with zero attached hydrogens (tertiary/aromatic N) is 5. The van der Waals surface area contributed by atoms with Crippen molar-refractivity contribution in [3.05, 3.63) is 36.2 Å². The predicted octanol–water partition coefficient (Wildman–Crippen LogP) is 1.13. The lowest BCUT2D eigenvalue weighted by molar-refractivity contribution is -0.136. The lowest BCUT2D eigenvalue weighted by Gasteiger charge is -2.35. The average molecular weight is 510 g/mol. The van der Waals surface area contributed by atoms with Crippen LogP contribution in [0.5, 0.6) is 5.75 Å². The maximum atomic E-state index is 13.4. The summed E-state index contributed by atoms with van der Waals surface area (Å²) in [5.74, 6) is -0.0445. The Morgan fingerprint density at radius 3 is 2.80 bits per heavy atom. The van der Waals surface area contributed by atoms with Gasteiger partial charge >= 0.3 is 0 Å². The molecular formula is C23H35N5O6S. The van der Waals surface area contributed by atoms with Crippen molar-refractivity contribution >= 4 is 15.9 Å². The van der Waals surface area contributed by atoms with Gasteiger partial charge in [-0.1, -0.05) is 24.3 Å². The molecule has 1 amide bonds. The second kappa shape index (κ2) is 11.9. The van der Waals surface area contributed by atoms with Crippen molar-refractivity contribution in [3.8, 4) is 5.75 Å².